The Bertz CT molecular complexity index is 482. The van der Waals surface area contributed by atoms with Crippen LogP contribution in [-0.4, -0.2) is 0 Å². The smallest absolute Gasteiger partial charge is 0.0295 e. The molecule has 0 bridgehead atoms. The summed E-state index contributed by atoms with van der Waals surface area (Å²) in [7, 11) is 0. The average Bonchev–Trinajstić information content (AvgIpc) is 2.46. The van der Waals surface area contributed by atoms with Crippen LogP contribution in [0.2, 0.25) is 0 Å². The lowest BCUT2D eigenvalue weighted by atomic mass is 9.97. The predicted octanol–water partition coefficient (Wildman–Crippen LogP) is 4.97. The molecule has 0 fully saturated rings. The van der Waals surface area contributed by atoms with Crippen LogP contribution in [0.4, 0.5) is 0 Å². The third-order valence-electron chi connectivity index (χ3n) is 3.29. The highest BCUT2D eigenvalue weighted by molar-refractivity contribution is 5.85. The summed E-state index contributed by atoms with van der Waals surface area (Å²) in [5.74, 6) is 0. The van der Waals surface area contributed by atoms with Crippen LogP contribution >= 0.6 is 12.4 Å². The van der Waals surface area contributed by atoms with Crippen molar-refractivity contribution in [1.29, 1.82) is 0 Å². The van der Waals surface area contributed by atoms with Gasteiger partial charge in [0, 0.05) is 6.04 Å². The van der Waals surface area contributed by atoms with E-state index in [1.54, 1.807) is 0 Å². The van der Waals surface area contributed by atoms with E-state index in [2.05, 4.69) is 55.5 Å². The van der Waals surface area contributed by atoms with Gasteiger partial charge in [-0.15, -0.1) is 12.4 Å². The number of nitrogens with two attached hydrogens (primary N) is 1. The minimum Gasteiger partial charge on any atom is -0.324 e. The van der Waals surface area contributed by atoms with Gasteiger partial charge in [-0.25, -0.2) is 0 Å². The summed E-state index contributed by atoms with van der Waals surface area (Å²) in [6.45, 7) is 2.20. The van der Waals surface area contributed by atoms with E-state index in [-0.39, 0.29) is 18.4 Å². The van der Waals surface area contributed by atoms with E-state index in [0.29, 0.717) is 0 Å². The van der Waals surface area contributed by atoms with Crippen LogP contribution in [0.5, 0.6) is 0 Å². The molecule has 2 heteroatoms. The second-order valence-electron chi connectivity index (χ2n) is 4.74. The molecular formula is C17H22ClN. The Labute approximate surface area is 122 Å². The van der Waals surface area contributed by atoms with E-state index in [1.165, 1.54) is 29.5 Å². The molecule has 0 heterocycles. The maximum absolute atomic E-state index is 6.23. The Morgan fingerprint density at radius 1 is 0.947 bits per heavy atom. The largest absolute Gasteiger partial charge is 0.324 e. The van der Waals surface area contributed by atoms with E-state index < -0.39 is 0 Å². The second kappa shape index (κ2) is 7.98. The van der Waals surface area contributed by atoms with Gasteiger partial charge < -0.3 is 5.73 Å². The van der Waals surface area contributed by atoms with Crippen LogP contribution in [0, 0.1) is 0 Å². The third-order valence-corrected chi connectivity index (χ3v) is 3.29. The minimum absolute atomic E-state index is 0. The number of hydrogen-bond donors (Lipinski definition) is 1. The fourth-order valence-electron chi connectivity index (χ4n) is 2.17. The molecule has 19 heavy (non-hydrogen) atoms. The average molecular weight is 276 g/mol. The van der Waals surface area contributed by atoms with Crippen LogP contribution in [-0.2, 0) is 0 Å². The van der Waals surface area contributed by atoms with Crippen LogP contribution in [0.3, 0.4) is 0 Å². The summed E-state index contributed by atoms with van der Waals surface area (Å²) in [5, 5.41) is 0. The van der Waals surface area contributed by atoms with Crippen molar-refractivity contribution >= 4 is 12.4 Å². The molecule has 0 unspecified atom stereocenters. The molecule has 2 aromatic rings. The normalized spacial score (nSPS) is 11.7. The topological polar surface area (TPSA) is 26.0 Å². The van der Waals surface area contributed by atoms with Gasteiger partial charge in [-0.1, -0.05) is 68.3 Å². The van der Waals surface area contributed by atoms with Crippen molar-refractivity contribution in [2.45, 2.75) is 32.2 Å². The first-order valence-corrected chi connectivity index (χ1v) is 6.72. The Hall–Kier alpha value is -1.31. The summed E-state index contributed by atoms with van der Waals surface area (Å²) >= 11 is 0. The highest BCUT2D eigenvalue weighted by Crippen LogP contribution is 2.24. The van der Waals surface area contributed by atoms with Gasteiger partial charge in [-0.05, 0) is 29.2 Å². The van der Waals surface area contributed by atoms with E-state index in [1.807, 2.05) is 6.07 Å². The lowest BCUT2D eigenvalue weighted by molar-refractivity contribution is 0.603. The molecule has 1 atom stereocenters. The fraction of sp³-hybridized carbons (Fsp3) is 0.294. The molecular weight excluding hydrogens is 254 g/mol. The molecule has 0 saturated heterocycles. The van der Waals surface area contributed by atoms with Crippen molar-refractivity contribution in [3.8, 4) is 11.1 Å². The van der Waals surface area contributed by atoms with Crippen molar-refractivity contribution in [3.05, 3.63) is 60.2 Å². The van der Waals surface area contributed by atoms with E-state index in [9.17, 15) is 0 Å². The van der Waals surface area contributed by atoms with Crippen molar-refractivity contribution in [2.75, 3.05) is 0 Å². The van der Waals surface area contributed by atoms with E-state index in [4.69, 9.17) is 5.73 Å². The van der Waals surface area contributed by atoms with Gasteiger partial charge in [-0.3, -0.25) is 0 Å². The Morgan fingerprint density at radius 3 is 2.32 bits per heavy atom. The van der Waals surface area contributed by atoms with Gasteiger partial charge in [0.2, 0.25) is 0 Å². The fourth-order valence-corrected chi connectivity index (χ4v) is 2.17. The third kappa shape index (κ3) is 4.38. The quantitative estimate of drug-likeness (QED) is 0.819. The summed E-state index contributed by atoms with van der Waals surface area (Å²) in [6.07, 6.45) is 3.46. The summed E-state index contributed by atoms with van der Waals surface area (Å²) < 4.78 is 0. The molecule has 2 aromatic carbocycles. The Morgan fingerprint density at radius 2 is 1.63 bits per heavy atom. The summed E-state index contributed by atoms with van der Waals surface area (Å²) in [4.78, 5) is 0. The number of benzene rings is 2. The van der Waals surface area contributed by atoms with Crippen LogP contribution in [0.1, 0.15) is 37.8 Å². The molecule has 0 radical (unpaired) electrons. The summed E-state index contributed by atoms with van der Waals surface area (Å²) in [5.41, 5.74) is 9.97. The molecule has 2 N–H and O–H groups in total. The van der Waals surface area contributed by atoms with Gasteiger partial charge in [-0.2, -0.15) is 0 Å². The first kappa shape index (κ1) is 15.7. The van der Waals surface area contributed by atoms with Gasteiger partial charge in [0.1, 0.15) is 0 Å². The lowest BCUT2D eigenvalue weighted by Gasteiger charge is -2.13. The molecule has 0 saturated carbocycles. The van der Waals surface area contributed by atoms with Crippen molar-refractivity contribution in [2.24, 2.45) is 5.73 Å². The predicted molar refractivity (Wildman–Crippen MR) is 85.6 cm³/mol. The van der Waals surface area contributed by atoms with Gasteiger partial charge >= 0.3 is 0 Å². The SMILES string of the molecule is CCCC[C@@H](N)c1cccc(-c2ccccc2)c1.Cl. The van der Waals surface area contributed by atoms with Crippen LogP contribution < -0.4 is 5.73 Å². The molecule has 0 aromatic heterocycles. The highest BCUT2D eigenvalue weighted by atomic mass is 35.5. The molecule has 0 spiro atoms. The first-order valence-electron chi connectivity index (χ1n) is 6.72. The maximum atomic E-state index is 6.23. The molecule has 0 aliphatic rings. The highest BCUT2D eigenvalue weighted by Gasteiger charge is 2.06. The number of rotatable bonds is 5. The molecule has 0 aliphatic heterocycles. The van der Waals surface area contributed by atoms with Crippen LogP contribution in [0.15, 0.2) is 54.6 Å². The maximum Gasteiger partial charge on any atom is 0.0295 e. The zero-order valence-corrected chi connectivity index (χ0v) is 12.2. The molecule has 0 amide bonds. The van der Waals surface area contributed by atoms with Crippen molar-refractivity contribution in [3.63, 3.8) is 0 Å². The van der Waals surface area contributed by atoms with Gasteiger partial charge in [0.15, 0.2) is 0 Å². The van der Waals surface area contributed by atoms with E-state index in [0.717, 1.165) is 6.42 Å². The Balaban J connectivity index is 0.00000180. The zero-order valence-electron chi connectivity index (χ0n) is 11.4. The zero-order chi connectivity index (χ0) is 12.8. The van der Waals surface area contributed by atoms with Crippen LogP contribution in [0.25, 0.3) is 11.1 Å². The second-order valence-corrected chi connectivity index (χ2v) is 4.74. The number of halogens is 1. The minimum atomic E-state index is 0. The number of unbranched alkanes of at least 4 members (excludes halogenated alkanes) is 1. The van der Waals surface area contributed by atoms with Gasteiger partial charge in [0.05, 0.1) is 0 Å². The summed E-state index contributed by atoms with van der Waals surface area (Å²) in [6, 6.07) is 19.2. The molecule has 1 nitrogen and oxygen atoms in total. The van der Waals surface area contributed by atoms with Crippen molar-refractivity contribution < 1.29 is 0 Å². The standard InChI is InChI=1S/C17H21N.ClH/c1-2-3-12-17(18)16-11-7-10-15(13-16)14-8-5-4-6-9-14;/h4-11,13,17H,2-3,12,18H2,1H3;1H/t17-;/m1./s1. The molecule has 102 valence electrons. The molecule has 0 aliphatic carbocycles. The van der Waals surface area contributed by atoms with Crippen molar-refractivity contribution in [1.82, 2.24) is 0 Å². The monoisotopic (exact) mass is 275 g/mol. The van der Waals surface area contributed by atoms with E-state index >= 15 is 0 Å². The number of hydrogen-bond acceptors (Lipinski definition) is 1. The van der Waals surface area contributed by atoms with Gasteiger partial charge in [0.25, 0.3) is 0 Å². The lowest BCUT2D eigenvalue weighted by Crippen LogP contribution is -2.09. The molecule has 2 rings (SSSR count). The Kier molecular flexibility index (Phi) is 6.61. The first-order chi connectivity index (χ1) is 8.81.